The van der Waals surface area contributed by atoms with E-state index in [1.807, 2.05) is 19.1 Å². The van der Waals surface area contributed by atoms with Crippen molar-refractivity contribution >= 4 is 0 Å². The van der Waals surface area contributed by atoms with Gasteiger partial charge in [-0.05, 0) is 6.92 Å². The normalized spacial score (nSPS) is 10.9. The number of rotatable bonds is 4. The molecule has 4 heteroatoms. The van der Waals surface area contributed by atoms with Crippen LogP contribution in [-0.2, 0) is 0 Å². The molecular weight excluding hydrogens is 172 g/mol. The summed E-state index contributed by atoms with van der Waals surface area (Å²) in [4.78, 5) is 0. The first kappa shape index (κ1) is 14.8. The fourth-order valence-corrected chi connectivity index (χ4v) is 0.308. The van der Waals surface area contributed by atoms with Gasteiger partial charge in [0.2, 0.25) is 0 Å². The topological polar surface area (TPSA) is 80.9 Å². The van der Waals surface area contributed by atoms with E-state index in [0.717, 1.165) is 0 Å². The number of hydrogen-bond acceptors (Lipinski definition) is 4. The number of hydrogen-bond donors (Lipinski definition) is 4. The molecule has 0 rings (SSSR count). The van der Waals surface area contributed by atoms with E-state index in [9.17, 15) is 0 Å². The number of aliphatic hydroxyl groups excluding tert-OH is 4. The second-order valence-corrected chi connectivity index (χ2v) is 2.16. The molecule has 0 aliphatic rings. The molecule has 4 nitrogen and oxygen atoms in total. The molecule has 0 heterocycles. The SMILES string of the molecule is CC=CC=CCO.OCC(O)CO. The summed E-state index contributed by atoms with van der Waals surface area (Å²) in [6.07, 6.45) is 6.31. The van der Waals surface area contributed by atoms with Crippen molar-refractivity contribution in [3.05, 3.63) is 24.3 Å². The van der Waals surface area contributed by atoms with Gasteiger partial charge in [0.1, 0.15) is 6.10 Å². The Hall–Kier alpha value is -0.680. The monoisotopic (exact) mass is 190 g/mol. The van der Waals surface area contributed by atoms with E-state index in [0.29, 0.717) is 0 Å². The molecule has 13 heavy (non-hydrogen) atoms. The zero-order chi connectivity index (χ0) is 10.5. The molecule has 0 aliphatic heterocycles. The summed E-state index contributed by atoms with van der Waals surface area (Å²) in [5.41, 5.74) is 0. The van der Waals surface area contributed by atoms with Crippen LogP contribution in [0.2, 0.25) is 0 Å². The Bertz CT molecular complexity index is 128. The first-order valence-electron chi connectivity index (χ1n) is 4.01. The van der Waals surface area contributed by atoms with Crippen LogP contribution in [0.1, 0.15) is 6.92 Å². The van der Waals surface area contributed by atoms with E-state index in [1.54, 1.807) is 12.2 Å². The average molecular weight is 190 g/mol. The van der Waals surface area contributed by atoms with Crippen LogP contribution in [0, 0.1) is 0 Å². The summed E-state index contributed by atoms with van der Waals surface area (Å²) in [7, 11) is 0. The van der Waals surface area contributed by atoms with Crippen LogP contribution in [0.4, 0.5) is 0 Å². The molecule has 0 spiro atoms. The first-order chi connectivity index (χ1) is 6.22. The largest absolute Gasteiger partial charge is 0.394 e. The summed E-state index contributed by atoms with van der Waals surface area (Å²) in [6.45, 7) is 1.33. The molecule has 0 aromatic carbocycles. The van der Waals surface area contributed by atoms with Gasteiger partial charge in [-0.15, -0.1) is 0 Å². The second kappa shape index (κ2) is 13.9. The zero-order valence-corrected chi connectivity index (χ0v) is 7.80. The van der Waals surface area contributed by atoms with Gasteiger partial charge in [-0.3, -0.25) is 0 Å². The molecule has 0 aromatic heterocycles. The van der Waals surface area contributed by atoms with Gasteiger partial charge in [0.15, 0.2) is 0 Å². The van der Waals surface area contributed by atoms with Gasteiger partial charge >= 0.3 is 0 Å². The highest BCUT2D eigenvalue weighted by atomic mass is 16.3. The summed E-state index contributed by atoms with van der Waals surface area (Å²) >= 11 is 0. The second-order valence-electron chi connectivity index (χ2n) is 2.16. The van der Waals surface area contributed by atoms with E-state index in [2.05, 4.69) is 0 Å². The van der Waals surface area contributed by atoms with E-state index >= 15 is 0 Å². The summed E-state index contributed by atoms with van der Waals surface area (Å²) in [6, 6.07) is 0. The molecule has 0 bridgehead atoms. The molecule has 0 unspecified atom stereocenters. The van der Waals surface area contributed by atoms with Gasteiger partial charge in [0, 0.05) is 0 Å². The molecule has 78 valence electrons. The third-order valence-electron chi connectivity index (χ3n) is 0.967. The molecule has 0 saturated heterocycles. The minimum Gasteiger partial charge on any atom is -0.394 e. The van der Waals surface area contributed by atoms with Crippen LogP contribution in [0.25, 0.3) is 0 Å². The van der Waals surface area contributed by atoms with E-state index < -0.39 is 6.10 Å². The van der Waals surface area contributed by atoms with Crippen molar-refractivity contribution in [3.63, 3.8) is 0 Å². The summed E-state index contributed by atoms with van der Waals surface area (Å²) < 4.78 is 0. The molecule has 0 amide bonds. The smallest absolute Gasteiger partial charge is 0.100 e. The van der Waals surface area contributed by atoms with Crippen molar-refractivity contribution in [3.8, 4) is 0 Å². The Morgan fingerprint density at radius 3 is 1.85 bits per heavy atom. The van der Waals surface area contributed by atoms with Gasteiger partial charge in [0.25, 0.3) is 0 Å². The molecule has 0 aliphatic carbocycles. The van der Waals surface area contributed by atoms with E-state index in [1.165, 1.54) is 0 Å². The Kier molecular flexibility index (Phi) is 15.8. The highest BCUT2D eigenvalue weighted by molar-refractivity contribution is 5.00. The average Bonchev–Trinajstić information content (AvgIpc) is 2.18. The highest BCUT2D eigenvalue weighted by Gasteiger charge is 1.93. The molecule has 0 saturated carbocycles. The fraction of sp³-hybridized carbons (Fsp3) is 0.556. The van der Waals surface area contributed by atoms with Gasteiger partial charge in [-0.1, -0.05) is 24.3 Å². The highest BCUT2D eigenvalue weighted by Crippen LogP contribution is 1.72. The van der Waals surface area contributed by atoms with Crippen molar-refractivity contribution in [2.24, 2.45) is 0 Å². The van der Waals surface area contributed by atoms with E-state index in [-0.39, 0.29) is 19.8 Å². The lowest BCUT2D eigenvalue weighted by Crippen LogP contribution is -2.15. The quantitative estimate of drug-likeness (QED) is 0.448. The fourth-order valence-electron chi connectivity index (χ4n) is 0.308. The predicted octanol–water partition coefficient (Wildman–Crippen LogP) is -0.557. The van der Waals surface area contributed by atoms with Crippen LogP contribution < -0.4 is 0 Å². The number of aliphatic hydroxyl groups is 4. The Morgan fingerprint density at radius 2 is 1.62 bits per heavy atom. The van der Waals surface area contributed by atoms with Crippen molar-refractivity contribution < 1.29 is 20.4 Å². The minimum absolute atomic E-state index is 0.129. The van der Waals surface area contributed by atoms with Crippen LogP contribution in [0.15, 0.2) is 24.3 Å². The molecule has 0 atom stereocenters. The molecule has 0 radical (unpaired) electrons. The van der Waals surface area contributed by atoms with Crippen molar-refractivity contribution in [1.82, 2.24) is 0 Å². The molecule has 4 N–H and O–H groups in total. The van der Waals surface area contributed by atoms with Crippen LogP contribution in [0.3, 0.4) is 0 Å². The lowest BCUT2D eigenvalue weighted by molar-refractivity contribution is 0.0450. The van der Waals surface area contributed by atoms with E-state index in [4.69, 9.17) is 20.4 Å². The molecule has 0 fully saturated rings. The van der Waals surface area contributed by atoms with Crippen molar-refractivity contribution in [1.29, 1.82) is 0 Å². The Morgan fingerprint density at radius 1 is 1.08 bits per heavy atom. The van der Waals surface area contributed by atoms with Crippen molar-refractivity contribution in [2.75, 3.05) is 19.8 Å². The third-order valence-corrected chi connectivity index (χ3v) is 0.967. The summed E-state index contributed by atoms with van der Waals surface area (Å²) in [5.74, 6) is 0. The van der Waals surface area contributed by atoms with Gasteiger partial charge in [-0.2, -0.15) is 0 Å². The van der Waals surface area contributed by atoms with Gasteiger partial charge in [-0.25, -0.2) is 0 Å². The Balaban J connectivity index is 0. The third kappa shape index (κ3) is 18.4. The van der Waals surface area contributed by atoms with Crippen LogP contribution >= 0.6 is 0 Å². The Labute approximate surface area is 78.5 Å². The van der Waals surface area contributed by atoms with Gasteiger partial charge in [0.05, 0.1) is 19.8 Å². The zero-order valence-electron chi connectivity index (χ0n) is 7.80. The maximum absolute atomic E-state index is 8.17. The lowest BCUT2D eigenvalue weighted by Gasteiger charge is -1.96. The molecular formula is C9H18O4. The van der Waals surface area contributed by atoms with Crippen molar-refractivity contribution in [2.45, 2.75) is 13.0 Å². The predicted molar refractivity (Wildman–Crippen MR) is 51.2 cm³/mol. The number of allylic oxidation sites excluding steroid dienone is 3. The minimum atomic E-state index is -0.954. The first-order valence-corrected chi connectivity index (χ1v) is 4.01. The van der Waals surface area contributed by atoms with Crippen LogP contribution in [-0.4, -0.2) is 46.4 Å². The standard InChI is InChI=1S/C6H10O.C3H8O3/c1-2-3-4-5-6-7;4-1-3(6)2-5/h2-5,7H,6H2,1H3;3-6H,1-2H2. The molecule has 0 aromatic rings. The summed E-state index contributed by atoms with van der Waals surface area (Å²) in [5, 5.41) is 32.2. The lowest BCUT2D eigenvalue weighted by atomic mass is 10.4. The maximum Gasteiger partial charge on any atom is 0.100 e. The van der Waals surface area contributed by atoms with Gasteiger partial charge < -0.3 is 20.4 Å². The maximum atomic E-state index is 8.17. The van der Waals surface area contributed by atoms with Crippen LogP contribution in [0.5, 0.6) is 0 Å².